The molecule has 0 saturated carbocycles. The molecule has 0 spiro atoms. The van der Waals surface area contributed by atoms with Gasteiger partial charge in [0.25, 0.3) is 5.91 Å². The predicted molar refractivity (Wildman–Crippen MR) is 117 cm³/mol. The molecule has 2 atom stereocenters. The van der Waals surface area contributed by atoms with Gasteiger partial charge in [0.1, 0.15) is 10.7 Å². The minimum Gasteiger partial charge on any atom is -0.372 e. The van der Waals surface area contributed by atoms with E-state index in [9.17, 15) is 4.79 Å². The van der Waals surface area contributed by atoms with Crippen LogP contribution in [0.3, 0.4) is 0 Å². The maximum atomic E-state index is 12.9. The Hall–Kier alpha value is -2.77. The zero-order valence-corrected chi connectivity index (χ0v) is 17.6. The Morgan fingerprint density at radius 3 is 2.52 bits per heavy atom. The lowest BCUT2D eigenvalue weighted by molar-refractivity contribution is -0.00545. The first-order chi connectivity index (χ1) is 14.0. The summed E-state index contributed by atoms with van der Waals surface area (Å²) in [5, 5.41) is 3.81. The van der Waals surface area contributed by atoms with Crippen LogP contribution >= 0.6 is 11.3 Å². The van der Waals surface area contributed by atoms with Crippen molar-refractivity contribution in [1.82, 2.24) is 9.97 Å². The summed E-state index contributed by atoms with van der Waals surface area (Å²) >= 11 is 1.40. The highest BCUT2D eigenvalue weighted by molar-refractivity contribution is 7.14. The number of nitrogens with zero attached hydrogens (tertiary/aromatic N) is 3. The molecule has 1 N–H and O–H groups in total. The van der Waals surface area contributed by atoms with Crippen molar-refractivity contribution in [2.45, 2.75) is 33.0 Å². The SMILES string of the molecule is Cc1nc(-c2ccccc2)c(C(=O)Nc2ccc(N3C[C@@H](C)O[C@H](C)C3)nc2)s1. The van der Waals surface area contributed by atoms with Crippen LogP contribution in [0.5, 0.6) is 0 Å². The fraction of sp³-hybridized carbons (Fsp3) is 0.318. The van der Waals surface area contributed by atoms with Crippen LogP contribution in [0.1, 0.15) is 28.5 Å². The second kappa shape index (κ2) is 8.31. The van der Waals surface area contributed by atoms with Gasteiger partial charge in [0.15, 0.2) is 0 Å². The van der Waals surface area contributed by atoms with E-state index in [4.69, 9.17) is 4.74 Å². The lowest BCUT2D eigenvalue weighted by Crippen LogP contribution is -2.45. The molecule has 1 aromatic carbocycles. The molecular formula is C22H24N4O2S. The summed E-state index contributed by atoms with van der Waals surface area (Å²) in [6.45, 7) is 7.67. The summed E-state index contributed by atoms with van der Waals surface area (Å²) in [5.74, 6) is 0.723. The number of nitrogens with one attached hydrogen (secondary N) is 1. The van der Waals surface area contributed by atoms with E-state index in [-0.39, 0.29) is 18.1 Å². The summed E-state index contributed by atoms with van der Waals surface area (Å²) < 4.78 is 5.78. The van der Waals surface area contributed by atoms with Crippen LogP contribution in [0.15, 0.2) is 48.7 Å². The summed E-state index contributed by atoms with van der Waals surface area (Å²) in [7, 11) is 0. The van der Waals surface area contributed by atoms with E-state index in [0.29, 0.717) is 16.3 Å². The van der Waals surface area contributed by atoms with Gasteiger partial charge in [0.05, 0.1) is 34.8 Å². The van der Waals surface area contributed by atoms with E-state index in [1.165, 1.54) is 11.3 Å². The number of thiazole rings is 1. The molecular weight excluding hydrogens is 384 g/mol. The number of rotatable bonds is 4. The number of amides is 1. The third kappa shape index (κ3) is 4.46. The molecule has 6 nitrogen and oxygen atoms in total. The van der Waals surface area contributed by atoms with Crippen LogP contribution in [0.4, 0.5) is 11.5 Å². The van der Waals surface area contributed by atoms with Crippen LogP contribution in [-0.4, -0.2) is 41.2 Å². The number of carbonyl (C=O) groups excluding carboxylic acids is 1. The normalized spacial score (nSPS) is 19.2. The van der Waals surface area contributed by atoms with Crippen molar-refractivity contribution < 1.29 is 9.53 Å². The van der Waals surface area contributed by atoms with Crippen molar-refractivity contribution in [2.75, 3.05) is 23.3 Å². The number of pyridine rings is 1. The highest BCUT2D eigenvalue weighted by atomic mass is 32.1. The molecule has 0 aliphatic carbocycles. The molecule has 0 bridgehead atoms. The smallest absolute Gasteiger partial charge is 0.268 e. The molecule has 2 aromatic heterocycles. The molecule has 150 valence electrons. The highest BCUT2D eigenvalue weighted by Gasteiger charge is 2.23. The third-order valence-electron chi connectivity index (χ3n) is 4.74. The number of carbonyl (C=O) groups is 1. The molecule has 29 heavy (non-hydrogen) atoms. The Morgan fingerprint density at radius 2 is 1.86 bits per heavy atom. The van der Waals surface area contributed by atoms with E-state index >= 15 is 0 Å². The predicted octanol–water partition coefficient (Wildman–Crippen LogP) is 4.38. The third-order valence-corrected chi connectivity index (χ3v) is 5.71. The number of aromatic nitrogens is 2. The second-order valence-corrected chi connectivity index (χ2v) is 8.50. The number of benzene rings is 1. The average molecular weight is 409 g/mol. The van der Waals surface area contributed by atoms with Crippen molar-refractivity contribution in [1.29, 1.82) is 0 Å². The van der Waals surface area contributed by atoms with Gasteiger partial charge < -0.3 is 15.0 Å². The van der Waals surface area contributed by atoms with Crippen LogP contribution in [0, 0.1) is 6.92 Å². The Labute approximate surface area is 174 Å². The van der Waals surface area contributed by atoms with Crippen LogP contribution in [0.2, 0.25) is 0 Å². The van der Waals surface area contributed by atoms with E-state index in [0.717, 1.165) is 29.5 Å². The number of hydrogen-bond donors (Lipinski definition) is 1. The molecule has 3 heterocycles. The Kier molecular flexibility index (Phi) is 5.60. The molecule has 1 aliphatic rings. The zero-order chi connectivity index (χ0) is 20.4. The zero-order valence-electron chi connectivity index (χ0n) is 16.8. The van der Waals surface area contributed by atoms with Crippen molar-refractivity contribution in [3.8, 4) is 11.3 Å². The molecule has 0 radical (unpaired) electrons. The number of anilines is 2. The van der Waals surface area contributed by atoms with Crippen LogP contribution in [0.25, 0.3) is 11.3 Å². The van der Waals surface area contributed by atoms with Crippen molar-refractivity contribution in [2.24, 2.45) is 0 Å². The van der Waals surface area contributed by atoms with Gasteiger partial charge in [-0.2, -0.15) is 0 Å². The standard InChI is InChI=1S/C22H24N4O2S/c1-14-12-26(13-15(2)28-14)19-10-9-18(11-23-19)25-22(27)21-20(24-16(3)29-21)17-7-5-4-6-8-17/h4-11,14-15H,12-13H2,1-3H3,(H,25,27)/t14-,15-/m1/s1. The van der Waals surface area contributed by atoms with Gasteiger partial charge in [-0.3, -0.25) is 4.79 Å². The quantitative estimate of drug-likeness (QED) is 0.694. The first kappa shape index (κ1) is 19.5. The molecule has 4 rings (SSSR count). The molecule has 1 fully saturated rings. The second-order valence-electron chi connectivity index (χ2n) is 7.30. The monoisotopic (exact) mass is 408 g/mol. The largest absolute Gasteiger partial charge is 0.372 e. The fourth-order valence-electron chi connectivity index (χ4n) is 3.57. The van der Waals surface area contributed by atoms with Gasteiger partial charge in [0, 0.05) is 18.7 Å². The number of morpholine rings is 1. The van der Waals surface area contributed by atoms with E-state index in [1.54, 1.807) is 6.20 Å². The number of ether oxygens (including phenoxy) is 1. The average Bonchev–Trinajstić information content (AvgIpc) is 3.10. The topological polar surface area (TPSA) is 67.4 Å². The molecule has 1 aliphatic heterocycles. The lowest BCUT2D eigenvalue weighted by atomic mass is 10.1. The van der Waals surface area contributed by atoms with Gasteiger partial charge in [-0.15, -0.1) is 11.3 Å². The number of aryl methyl sites for hydroxylation is 1. The van der Waals surface area contributed by atoms with E-state index < -0.39 is 0 Å². The highest BCUT2D eigenvalue weighted by Crippen LogP contribution is 2.29. The molecule has 3 aromatic rings. The maximum absolute atomic E-state index is 12.9. The van der Waals surface area contributed by atoms with Gasteiger partial charge in [0.2, 0.25) is 0 Å². The Bertz CT molecular complexity index is 978. The van der Waals surface area contributed by atoms with Gasteiger partial charge >= 0.3 is 0 Å². The first-order valence-corrected chi connectivity index (χ1v) is 10.5. The van der Waals surface area contributed by atoms with Gasteiger partial charge in [-0.1, -0.05) is 30.3 Å². The fourth-order valence-corrected chi connectivity index (χ4v) is 4.41. The summed E-state index contributed by atoms with van der Waals surface area (Å²) in [4.78, 5) is 24.8. The minimum absolute atomic E-state index is 0.169. The van der Waals surface area contributed by atoms with Gasteiger partial charge in [-0.25, -0.2) is 9.97 Å². The molecule has 0 unspecified atom stereocenters. The minimum atomic E-state index is -0.169. The Balaban J connectivity index is 1.50. The van der Waals surface area contributed by atoms with Crippen LogP contribution in [-0.2, 0) is 4.74 Å². The first-order valence-electron chi connectivity index (χ1n) is 9.70. The molecule has 7 heteroatoms. The van der Waals surface area contributed by atoms with Crippen molar-refractivity contribution >= 4 is 28.7 Å². The summed E-state index contributed by atoms with van der Waals surface area (Å²) in [6, 6.07) is 13.6. The number of hydrogen-bond acceptors (Lipinski definition) is 6. The molecule has 1 saturated heterocycles. The van der Waals surface area contributed by atoms with Gasteiger partial charge in [-0.05, 0) is 32.9 Å². The Morgan fingerprint density at radius 1 is 1.14 bits per heavy atom. The summed E-state index contributed by atoms with van der Waals surface area (Å²) in [5.41, 5.74) is 2.32. The molecule has 1 amide bonds. The van der Waals surface area contributed by atoms with E-state index in [1.807, 2.05) is 49.4 Å². The lowest BCUT2D eigenvalue weighted by Gasteiger charge is -2.36. The van der Waals surface area contributed by atoms with Crippen molar-refractivity contribution in [3.63, 3.8) is 0 Å². The van der Waals surface area contributed by atoms with Crippen molar-refractivity contribution in [3.05, 3.63) is 58.5 Å². The van der Waals surface area contributed by atoms with Crippen LogP contribution < -0.4 is 10.2 Å². The summed E-state index contributed by atoms with van der Waals surface area (Å²) in [6.07, 6.45) is 2.05. The van der Waals surface area contributed by atoms with E-state index in [2.05, 4.69) is 34.0 Å². The maximum Gasteiger partial charge on any atom is 0.268 e.